The van der Waals surface area contributed by atoms with Crippen LogP contribution in [0.2, 0.25) is 0 Å². The lowest BCUT2D eigenvalue weighted by atomic mass is 10.1. The van der Waals surface area contributed by atoms with Crippen molar-refractivity contribution in [1.29, 1.82) is 0 Å². The lowest BCUT2D eigenvalue weighted by molar-refractivity contribution is 0.0696. The fraction of sp³-hybridized carbons (Fsp3) is 0.231. The number of aryl methyl sites for hydroxylation is 1. The lowest BCUT2D eigenvalue weighted by Gasteiger charge is -2.10. The van der Waals surface area contributed by atoms with Crippen LogP contribution in [0.1, 0.15) is 27.2 Å². The molecule has 0 aliphatic carbocycles. The van der Waals surface area contributed by atoms with Crippen molar-refractivity contribution >= 4 is 21.8 Å². The maximum absolute atomic E-state index is 12.4. The Balaban J connectivity index is 2.48. The molecule has 0 amide bonds. The van der Waals surface area contributed by atoms with Gasteiger partial charge in [-0.2, -0.15) is 5.10 Å². The van der Waals surface area contributed by atoms with Gasteiger partial charge in [0.2, 0.25) is 0 Å². The summed E-state index contributed by atoms with van der Waals surface area (Å²) in [6.45, 7) is 4.97. The monoisotopic (exact) mass is 309 g/mol. The normalized spacial score (nSPS) is 11.4. The van der Waals surface area contributed by atoms with E-state index in [0.717, 1.165) is 5.69 Å². The third-order valence-electron chi connectivity index (χ3n) is 3.29. The molecule has 3 N–H and O–H groups in total. The first-order chi connectivity index (χ1) is 9.74. The van der Waals surface area contributed by atoms with Crippen molar-refractivity contribution in [3.8, 4) is 0 Å². The summed E-state index contributed by atoms with van der Waals surface area (Å²) < 4.78 is 27.2. The van der Waals surface area contributed by atoms with Crippen LogP contribution in [0.4, 0.5) is 5.82 Å². The maximum Gasteiger partial charge on any atom is 0.335 e. The minimum atomic E-state index is -3.91. The standard InChI is InChI=1S/C13H15N3O4S/c1-7-9(3)14-15-12(7)16-21(19,20)11-6-4-5-10(8(11)2)13(17)18/h4-6H,1-3H3,(H,17,18)(H2,14,15,16). The summed E-state index contributed by atoms with van der Waals surface area (Å²) in [5.74, 6) is -0.969. The number of carbonyl (C=O) groups is 1. The number of hydrogen-bond donors (Lipinski definition) is 3. The average Bonchev–Trinajstić information content (AvgIpc) is 2.70. The number of carboxylic acid groups (broad SMARTS) is 1. The summed E-state index contributed by atoms with van der Waals surface area (Å²) in [6.07, 6.45) is 0. The fourth-order valence-corrected chi connectivity index (χ4v) is 3.24. The molecule has 0 aliphatic rings. The molecule has 0 saturated carbocycles. The zero-order valence-corrected chi connectivity index (χ0v) is 12.6. The molecule has 0 atom stereocenters. The van der Waals surface area contributed by atoms with E-state index < -0.39 is 16.0 Å². The van der Waals surface area contributed by atoms with Gasteiger partial charge in [0.25, 0.3) is 10.0 Å². The highest BCUT2D eigenvalue weighted by Gasteiger charge is 2.22. The minimum absolute atomic E-state index is 0.0483. The Morgan fingerprint density at radius 2 is 1.90 bits per heavy atom. The molecule has 8 heteroatoms. The predicted molar refractivity (Wildman–Crippen MR) is 77.0 cm³/mol. The van der Waals surface area contributed by atoms with Crippen LogP contribution in [-0.2, 0) is 10.0 Å². The molecule has 7 nitrogen and oxygen atoms in total. The van der Waals surface area contributed by atoms with E-state index in [9.17, 15) is 13.2 Å². The number of aromatic carboxylic acids is 1. The van der Waals surface area contributed by atoms with E-state index >= 15 is 0 Å². The van der Waals surface area contributed by atoms with Gasteiger partial charge in [0.15, 0.2) is 5.82 Å². The molecule has 2 aromatic rings. The molecule has 112 valence electrons. The van der Waals surface area contributed by atoms with Crippen molar-refractivity contribution in [1.82, 2.24) is 10.2 Å². The number of rotatable bonds is 4. The summed E-state index contributed by atoms with van der Waals surface area (Å²) in [5.41, 5.74) is 1.57. The summed E-state index contributed by atoms with van der Waals surface area (Å²) in [5, 5.41) is 15.6. The zero-order valence-electron chi connectivity index (χ0n) is 11.8. The van der Waals surface area contributed by atoms with E-state index in [1.165, 1.54) is 25.1 Å². The van der Waals surface area contributed by atoms with Crippen LogP contribution in [0.25, 0.3) is 0 Å². The Kier molecular flexibility index (Phi) is 3.73. The molecule has 1 aromatic heterocycles. The Morgan fingerprint density at radius 1 is 1.24 bits per heavy atom. The number of aromatic amines is 1. The van der Waals surface area contributed by atoms with Crippen LogP contribution in [0, 0.1) is 20.8 Å². The Labute approximate surface area is 122 Å². The summed E-state index contributed by atoms with van der Waals surface area (Å²) in [4.78, 5) is 11.0. The SMILES string of the molecule is Cc1[nH]nc(NS(=O)(=O)c2cccc(C(=O)O)c2C)c1C. The van der Waals surface area contributed by atoms with Crippen molar-refractivity contribution in [2.45, 2.75) is 25.7 Å². The first-order valence-corrected chi connectivity index (χ1v) is 7.59. The number of benzene rings is 1. The summed E-state index contributed by atoms with van der Waals surface area (Å²) in [7, 11) is -3.91. The van der Waals surface area contributed by atoms with Gasteiger partial charge in [0, 0.05) is 11.3 Å². The molecule has 0 bridgehead atoms. The van der Waals surface area contributed by atoms with E-state index in [2.05, 4.69) is 14.9 Å². The van der Waals surface area contributed by atoms with Crippen LogP contribution in [0.3, 0.4) is 0 Å². The Morgan fingerprint density at radius 3 is 2.43 bits per heavy atom. The second kappa shape index (κ2) is 5.21. The highest BCUT2D eigenvalue weighted by molar-refractivity contribution is 7.92. The van der Waals surface area contributed by atoms with Gasteiger partial charge in [0.1, 0.15) is 0 Å². The van der Waals surface area contributed by atoms with Gasteiger partial charge in [0.05, 0.1) is 10.5 Å². The molecule has 0 fully saturated rings. The van der Waals surface area contributed by atoms with Gasteiger partial charge in [-0.15, -0.1) is 0 Å². The number of nitrogens with zero attached hydrogens (tertiary/aromatic N) is 1. The molecule has 0 radical (unpaired) electrons. The Hall–Kier alpha value is -2.35. The number of sulfonamides is 1. The van der Waals surface area contributed by atoms with Gasteiger partial charge in [-0.3, -0.25) is 9.82 Å². The number of hydrogen-bond acceptors (Lipinski definition) is 4. The van der Waals surface area contributed by atoms with Crippen LogP contribution < -0.4 is 4.72 Å². The van der Waals surface area contributed by atoms with Crippen LogP contribution in [0.5, 0.6) is 0 Å². The predicted octanol–water partition coefficient (Wildman–Crippen LogP) is 1.83. The zero-order chi connectivity index (χ0) is 15.8. The van der Waals surface area contributed by atoms with Crippen LogP contribution in [-0.4, -0.2) is 29.7 Å². The highest BCUT2D eigenvalue weighted by atomic mass is 32.2. The molecule has 0 aliphatic heterocycles. The van der Waals surface area contributed by atoms with Crippen molar-refractivity contribution in [2.24, 2.45) is 0 Å². The van der Waals surface area contributed by atoms with E-state index in [1.807, 2.05) is 0 Å². The number of H-pyrrole nitrogens is 1. The average molecular weight is 309 g/mol. The van der Waals surface area contributed by atoms with E-state index in [0.29, 0.717) is 5.56 Å². The van der Waals surface area contributed by atoms with Gasteiger partial charge in [-0.25, -0.2) is 13.2 Å². The van der Waals surface area contributed by atoms with E-state index in [1.54, 1.807) is 13.8 Å². The molecule has 1 aromatic carbocycles. The second-order valence-corrected chi connectivity index (χ2v) is 6.31. The van der Waals surface area contributed by atoms with Crippen molar-refractivity contribution in [2.75, 3.05) is 4.72 Å². The molecule has 1 heterocycles. The minimum Gasteiger partial charge on any atom is -0.478 e. The van der Waals surface area contributed by atoms with Gasteiger partial charge >= 0.3 is 5.97 Å². The molecule has 0 spiro atoms. The molecular weight excluding hydrogens is 294 g/mol. The number of carboxylic acids is 1. The number of nitrogens with one attached hydrogen (secondary N) is 2. The topological polar surface area (TPSA) is 112 Å². The van der Waals surface area contributed by atoms with E-state index in [4.69, 9.17) is 5.11 Å². The number of anilines is 1. The fourth-order valence-electron chi connectivity index (χ4n) is 1.90. The van der Waals surface area contributed by atoms with Crippen molar-refractivity contribution < 1.29 is 18.3 Å². The van der Waals surface area contributed by atoms with Crippen molar-refractivity contribution in [3.05, 3.63) is 40.6 Å². The first-order valence-electron chi connectivity index (χ1n) is 6.11. The quantitative estimate of drug-likeness (QED) is 0.797. The first kappa shape index (κ1) is 15.0. The van der Waals surface area contributed by atoms with Gasteiger partial charge in [-0.1, -0.05) is 6.07 Å². The molecule has 21 heavy (non-hydrogen) atoms. The van der Waals surface area contributed by atoms with Crippen LogP contribution >= 0.6 is 0 Å². The maximum atomic E-state index is 12.4. The van der Waals surface area contributed by atoms with E-state index in [-0.39, 0.29) is 21.8 Å². The second-order valence-electron chi connectivity index (χ2n) is 4.66. The van der Waals surface area contributed by atoms with Crippen LogP contribution in [0.15, 0.2) is 23.1 Å². The molecule has 0 saturated heterocycles. The summed E-state index contributed by atoms with van der Waals surface area (Å²) in [6, 6.07) is 4.12. The highest BCUT2D eigenvalue weighted by Crippen LogP contribution is 2.23. The summed E-state index contributed by atoms with van der Waals surface area (Å²) >= 11 is 0. The molecular formula is C13H15N3O4S. The largest absolute Gasteiger partial charge is 0.478 e. The number of aromatic nitrogens is 2. The smallest absolute Gasteiger partial charge is 0.335 e. The molecule has 2 rings (SSSR count). The van der Waals surface area contributed by atoms with Gasteiger partial charge < -0.3 is 5.11 Å². The lowest BCUT2D eigenvalue weighted by Crippen LogP contribution is -2.16. The van der Waals surface area contributed by atoms with Crippen molar-refractivity contribution in [3.63, 3.8) is 0 Å². The Bertz CT molecular complexity index is 809. The van der Waals surface area contributed by atoms with Gasteiger partial charge in [-0.05, 0) is 38.5 Å². The third-order valence-corrected chi connectivity index (χ3v) is 4.77. The molecule has 0 unspecified atom stereocenters. The third kappa shape index (κ3) is 2.75.